The third kappa shape index (κ3) is 4.66. The molecule has 0 spiro atoms. The highest BCUT2D eigenvalue weighted by atomic mass is 32.1. The van der Waals surface area contributed by atoms with Crippen LogP contribution in [0.1, 0.15) is 30.5 Å². The summed E-state index contributed by atoms with van der Waals surface area (Å²) < 4.78 is 1.46. The molecule has 0 aliphatic rings. The van der Waals surface area contributed by atoms with Crippen molar-refractivity contribution < 1.29 is 4.79 Å². The van der Waals surface area contributed by atoms with E-state index in [1.807, 2.05) is 30.3 Å². The Kier molecular flexibility index (Phi) is 5.44. The van der Waals surface area contributed by atoms with E-state index in [1.165, 1.54) is 22.3 Å². The van der Waals surface area contributed by atoms with Crippen LogP contribution in [0.4, 0.5) is 5.13 Å². The number of carbonyl (C=O) groups excluding carboxylic acids is 1. The van der Waals surface area contributed by atoms with Gasteiger partial charge in [-0.05, 0) is 21.9 Å². The van der Waals surface area contributed by atoms with Gasteiger partial charge in [-0.2, -0.15) is 0 Å². The highest BCUT2D eigenvalue weighted by molar-refractivity contribution is 7.15. The Morgan fingerprint density at radius 2 is 2.00 bits per heavy atom. The Morgan fingerprint density at radius 3 is 2.68 bits per heavy atom. The van der Waals surface area contributed by atoms with Gasteiger partial charge in [-0.15, -0.1) is 15.3 Å². The summed E-state index contributed by atoms with van der Waals surface area (Å²) in [6.07, 6.45) is 2.76. The fourth-order valence-electron chi connectivity index (χ4n) is 2.38. The number of hydrogen-bond donors (Lipinski definition) is 1. The molecule has 0 fully saturated rings. The van der Waals surface area contributed by atoms with Crippen molar-refractivity contribution in [3.63, 3.8) is 0 Å². The fraction of sp³-hybridized carbons (Fsp3) is 0.375. The standard InChI is InChI=1S/C16H19N7OS/c1-11(2)8-14-19-20-16(25-14)18-15(24)13(23-10-17-21-22-23)9-12-6-4-3-5-7-12/h3-7,10-11,13H,8-9H2,1-2H3,(H,18,20,24). The SMILES string of the molecule is CC(C)Cc1nnc(NC(=O)C(Cc2ccccc2)n2cnnn2)s1. The van der Waals surface area contributed by atoms with Crippen LogP contribution in [0.25, 0.3) is 0 Å². The maximum absolute atomic E-state index is 12.8. The van der Waals surface area contributed by atoms with Gasteiger partial charge in [-0.25, -0.2) is 4.68 Å². The van der Waals surface area contributed by atoms with Crippen molar-refractivity contribution in [2.45, 2.75) is 32.7 Å². The lowest BCUT2D eigenvalue weighted by Gasteiger charge is -2.15. The van der Waals surface area contributed by atoms with Gasteiger partial charge in [0.15, 0.2) is 0 Å². The van der Waals surface area contributed by atoms with Crippen LogP contribution in [-0.4, -0.2) is 36.3 Å². The molecule has 2 aromatic heterocycles. The van der Waals surface area contributed by atoms with Crippen LogP contribution in [0.5, 0.6) is 0 Å². The van der Waals surface area contributed by atoms with E-state index in [2.05, 4.69) is 44.9 Å². The number of benzene rings is 1. The van der Waals surface area contributed by atoms with Gasteiger partial charge in [0.2, 0.25) is 5.13 Å². The van der Waals surface area contributed by atoms with Crippen LogP contribution < -0.4 is 5.32 Å². The average molecular weight is 357 g/mol. The quantitative estimate of drug-likeness (QED) is 0.696. The van der Waals surface area contributed by atoms with Crippen LogP contribution in [0.3, 0.4) is 0 Å². The van der Waals surface area contributed by atoms with Gasteiger partial charge in [0.25, 0.3) is 5.91 Å². The molecular formula is C16H19N7OS. The first kappa shape index (κ1) is 17.2. The summed E-state index contributed by atoms with van der Waals surface area (Å²) >= 11 is 1.40. The molecule has 2 heterocycles. The molecule has 25 heavy (non-hydrogen) atoms. The minimum atomic E-state index is -0.560. The highest BCUT2D eigenvalue weighted by Gasteiger charge is 2.23. The number of carbonyl (C=O) groups is 1. The smallest absolute Gasteiger partial charge is 0.251 e. The molecule has 0 aliphatic carbocycles. The van der Waals surface area contributed by atoms with Crippen molar-refractivity contribution in [1.82, 2.24) is 30.4 Å². The molecule has 3 rings (SSSR count). The van der Waals surface area contributed by atoms with Crippen molar-refractivity contribution in [1.29, 1.82) is 0 Å². The van der Waals surface area contributed by atoms with Gasteiger partial charge in [0.1, 0.15) is 17.4 Å². The number of nitrogens with one attached hydrogen (secondary N) is 1. The summed E-state index contributed by atoms with van der Waals surface area (Å²) in [7, 11) is 0. The lowest BCUT2D eigenvalue weighted by molar-refractivity contribution is -0.119. The summed E-state index contributed by atoms with van der Waals surface area (Å²) in [4.78, 5) is 12.8. The number of rotatable bonds is 7. The molecule has 1 amide bonds. The summed E-state index contributed by atoms with van der Waals surface area (Å²) in [6, 6.07) is 9.19. The van der Waals surface area contributed by atoms with E-state index in [0.717, 1.165) is 17.0 Å². The topological polar surface area (TPSA) is 98.5 Å². The normalized spacial score (nSPS) is 12.3. The molecule has 1 N–H and O–H groups in total. The van der Waals surface area contributed by atoms with Crippen LogP contribution >= 0.6 is 11.3 Å². The third-order valence-corrected chi connectivity index (χ3v) is 4.40. The zero-order valence-electron chi connectivity index (χ0n) is 14.0. The molecule has 0 radical (unpaired) electrons. The van der Waals surface area contributed by atoms with Crippen LogP contribution in [-0.2, 0) is 17.6 Å². The third-order valence-electron chi connectivity index (χ3n) is 3.54. The zero-order valence-corrected chi connectivity index (χ0v) is 14.8. The summed E-state index contributed by atoms with van der Waals surface area (Å²) in [5.41, 5.74) is 1.02. The van der Waals surface area contributed by atoms with Gasteiger partial charge in [0.05, 0.1) is 0 Å². The van der Waals surface area contributed by atoms with Gasteiger partial charge in [0, 0.05) is 12.8 Å². The minimum absolute atomic E-state index is 0.219. The second-order valence-electron chi connectivity index (χ2n) is 6.08. The molecule has 0 aliphatic heterocycles. The highest BCUT2D eigenvalue weighted by Crippen LogP contribution is 2.21. The number of anilines is 1. The fourth-order valence-corrected chi connectivity index (χ4v) is 3.33. The number of tetrazole rings is 1. The lowest BCUT2D eigenvalue weighted by Crippen LogP contribution is -2.28. The predicted molar refractivity (Wildman–Crippen MR) is 94.1 cm³/mol. The second-order valence-corrected chi connectivity index (χ2v) is 7.15. The van der Waals surface area contributed by atoms with Crippen molar-refractivity contribution >= 4 is 22.4 Å². The number of amides is 1. The summed E-state index contributed by atoms with van der Waals surface area (Å²) in [6.45, 7) is 4.24. The van der Waals surface area contributed by atoms with Crippen LogP contribution in [0.15, 0.2) is 36.7 Å². The summed E-state index contributed by atoms with van der Waals surface area (Å²) in [5.74, 6) is 0.270. The molecule has 8 nitrogen and oxygen atoms in total. The number of nitrogens with zero attached hydrogens (tertiary/aromatic N) is 6. The second kappa shape index (κ2) is 7.93. The molecule has 1 aromatic carbocycles. The Balaban J connectivity index is 1.74. The maximum Gasteiger partial charge on any atom is 0.251 e. The van der Waals surface area contributed by atoms with Gasteiger partial charge < -0.3 is 0 Å². The number of hydrogen-bond acceptors (Lipinski definition) is 7. The van der Waals surface area contributed by atoms with E-state index in [0.29, 0.717) is 17.5 Å². The largest absolute Gasteiger partial charge is 0.299 e. The maximum atomic E-state index is 12.8. The van der Waals surface area contributed by atoms with Gasteiger partial charge >= 0.3 is 0 Å². The molecule has 0 saturated heterocycles. The predicted octanol–water partition coefficient (Wildman–Crippen LogP) is 2.15. The Hall–Kier alpha value is -2.68. The van der Waals surface area contributed by atoms with Crippen LogP contribution in [0.2, 0.25) is 0 Å². The average Bonchev–Trinajstić information content (AvgIpc) is 3.25. The van der Waals surface area contributed by atoms with E-state index in [4.69, 9.17) is 0 Å². The van der Waals surface area contributed by atoms with E-state index in [1.54, 1.807) is 0 Å². The minimum Gasteiger partial charge on any atom is -0.299 e. The Labute approximate surface area is 149 Å². The molecule has 9 heteroatoms. The Bertz CT molecular complexity index is 801. The molecule has 0 bridgehead atoms. The molecule has 0 saturated carbocycles. The molecule has 1 atom stereocenters. The first-order valence-corrected chi connectivity index (χ1v) is 8.83. The lowest BCUT2D eigenvalue weighted by atomic mass is 10.1. The molecule has 130 valence electrons. The zero-order chi connectivity index (χ0) is 17.6. The van der Waals surface area contributed by atoms with Crippen molar-refractivity contribution in [3.05, 3.63) is 47.2 Å². The van der Waals surface area contributed by atoms with E-state index < -0.39 is 6.04 Å². The van der Waals surface area contributed by atoms with E-state index >= 15 is 0 Å². The number of aromatic nitrogens is 6. The summed E-state index contributed by atoms with van der Waals surface area (Å²) in [5, 5.41) is 23.6. The first-order valence-electron chi connectivity index (χ1n) is 8.01. The van der Waals surface area contributed by atoms with Gasteiger partial charge in [-0.1, -0.05) is 55.5 Å². The Morgan fingerprint density at radius 1 is 1.20 bits per heavy atom. The van der Waals surface area contributed by atoms with E-state index in [-0.39, 0.29) is 5.91 Å². The van der Waals surface area contributed by atoms with Crippen LogP contribution in [0, 0.1) is 5.92 Å². The van der Waals surface area contributed by atoms with Crippen molar-refractivity contribution in [2.75, 3.05) is 5.32 Å². The monoisotopic (exact) mass is 357 g/mol. The molecular weight excluding hydrogens is 338 g/mol. The van der Waals surface area contributed by atoms with Crippen molar-refractivity contribution in [2.24, 2.45) is 5.92 Å². The van der Waals surface area contributed by atoms with Crippen molar-refractivity contribution in [3.8, 4) is 0 Å². The first-order chi connectivity index (χ1) is 12.1. The van der Waals surface area contributed by atoms with E-state index in [9.17, 15) is 4.79 Å². The molecule has 1 unspecified atom stereocenters. The van der Waals surface area contributed by atoms with Gasteiger partial charge in [-0.3, -0.25) is 10.1 Å². The molecule has 3 aromatic rings.